The number of hydrogen-bond donors (Lipinski definition) is 1. The highest BCUT2D eigenvalue weighted by molar-refractivity contribution is 5.43. The quantitative estimate of drug-likeness (QED) is 0.753. The molecule has 1 atom stereocenters. The van der Waals surface area contributed by atoms with E-state index in [0.717, 1.165) is 18.4 Å². The summed E-state index contributed by atoms with van der Waals surface area (Å²) in [5.41, 5.74) is 2.24. The van der Waals surface area contributed by atoms with Crippen LogP contribution in [0.5, 0.6) is 5.75 Å². The standard InChI is InChI=1S/C11H14O2/c1-2-13-10-7-6-8-4-3-5-9(12)11(8)10/h3-5,10,12H,2,6-7H2,1H3. The summed E-state index contributed by atoms with van der Waals surface area (Å²) in [6, 6.07) is 5.69. The van der Waals surface area contributed by atoms with E-state index in [2.05, 4.69) is 6.07 Å². The van der Waals surface area contributed by atoms with Crippen molar-refractivity contribution in [1.82, 2.24) is 0 Å². The maximum Gasteiger partial charge on any atom is 0.121 e. The van der Waals surface area contributed by atoms with Gasteiger partial charge in [0.25, 0.3) is 0 Å². The molecule has 0 aromatic heterocycles. The number of phenols is 1. The molecule has 0 amide bonds. The van der Waals surface area contributed by atoms with Crippen LogP contribution in [0.4, 0.5) is 0 Å². The molecular formula is C11H14O2. The molecule has 13 heavy (non-hydrogen) atoms. The van der Waals surface area contributed by atoms with E-state index in [1.807, 2.05) is 13.0 Å². The number of aryl methyl sites for hydroxylation is 1. The van der Waals surface area contributed by atoms with Gasteiger partial charge < -0.3 is 9.84 Å². The van der Waals surface area contributed by atoms with Crippen molar-refractivity contribution < 1.29 is 9.84 Å². The van der Waals surface area contributed by atoms with Crippen LogP contribution < -0.4 is 0 Å². The smallest absolute Gasteiger partial charge is 0.121 e. The summed E-state index contributed by atoms with van der Waals surface area (Å²) < 4.78 is 5.55. The molecule has 0 heterocycles. The molecule has 0 saturated carbocycles. The van der Waals surface area contributed by atoms with E-state index < -0.39 is 0 Å². The second kappa shape index (κ2) is 3.38. The lowest BCUT2D eigenvalue weighted by Gasteiger charge is -2.12. The number of hydrogen-bond acceptors (Lipinski definition) is 2. The maximum absolute atomic E-state index is 9.65. The molecule has 1 aromatic carbocycles. The Balaban J connectivity index is 2.34. The number of ether oxygens (including phenoxy) is 1. The Kier molecular flexibility index (Phi) is 2.23. The number of aromatic hydroxyl groups is 1. The Morgan fingerprint density at radius 3 is 3.15 bits per heavy atom. The van der Waals surface area contributed by atoms with Gasteiger partial charge in [0.15, 0.2) is 0 Å². The van der Waals surface area contributed by atoms with Crippen LogP contribution in [0, 0.1) is 0 Å². The molecule has 2 heteroatoms. The molecule has 0 fully saturated rings. The van der Waals surface area contributed by atoms with Gasteiger partial charge in [0.2, 0.25) is 0 Å². The van der Waals surface area contributed by atoms with Gasteiger partial charge in [0.1, 0.15) is 5.75 Å². The van der Waals surface area contributed by atoms with Gasteiger partial charge in [-0.15, -0.1) is 0 Å². The first-order valence-corrected chi connectivity index (χ1v) is 4.75. The molecule has 1 unspecified atom stereocenters. The van der Waals surface area contributed by atoms with Crippen molar-refractivity contribution in [2.45, 2.75) is 25.9 Å². The average molecular weight is 178 g/mol. The molecular weight excluding hydrogens is 164 g/mol. The third-order valence-electron chi connectivity index (χ3n) is 2.54. The van der Waals surface area contributed by atoms with Crippen LogP contribution in [0.15, 0.2) is 18.2 Å². The number of phenolic OH excluding ortho intramolecular Hbond substituents is 1. The summed E-state index contributed by atoms with van der Waals surface area (Å²) in [4.78, 5) is 0. The molecule has 70 valence electrons. The summed E-state index contributed by atoms with van der Waals surface area (Å²) in [6.45, 7) is 2.69. The van der Waals surface area contributed by atoms with Crippen molar-refractivity contribution in [2.75, 3.05) is 6.61 Å². The monoisotopic (exact) mass is 178 g/mol. The molecule has 2 nitrogen and oxygen atoms in total. The Hall–Kier alpha value is -1.02. The van der Waals surface area contributed by atoms with Gasteiger partial charge in [-0.05, 0) is 31.4 Å². The largest absolute Gasteiger partial charge is 0.508 e. The molecule has 1 aromatic rings. The lowest BCUT2D eigenvalue weighted by Crippen LogP contribution is -1.99. The zero-order chi connectivity index (χ0) is 9.26. The normalized spacial score (nSPS) is 20.2. The van der Waals surface area contributed by atoms with Gasteiger partial charge >= 0.3 is 0 Å². The molecule has 0 radical (unpaired) electrons. The Labute approximate surface area is 78.2 Å². The fourth-order valence-electron chi connectivity index (χ4n) is 1.99. The first kappa shape index (κ1) is 8.57. The number of fused-ring (bicyclic) bond motifs is 1. The summed E-state index contributed by atoms with van der Waals surface area (Å²) >= 11 is 0. The van der Waals surface area contributed by atoms with Crippen LogP contribution >= 0.6 is 0 Å². The minimum atomic E-state index is 0.112. The van der Waals surface area contributed by atoms with Gasteiger partial charge in [0, 0.05) is 12.2 Å². The fourth-order valence-corrected chi connectivity index (χ4v) is 1.99. The highest BCUT2D eigenvalue weighted by atomic mass is 16.5. The van der Waals surface area contributed by atoms with Crippen LogP contribution in [0.2, 0.25) is 0 Å². The zero-order valence-electron chi connectivity index (χ0n) is 7.79. The fraction of sp³-hybridized carbons (Fsp3) is 0.455. The Bertz CT molecular complexity index is 305. The molecule has 0 spiro atoms. The van der Waals surface area contributed by atoms with E-state index in [1.54, 1.807) is 6.07 Å². The van der Waals surface area contributed by atoms with Gasteiger partial charge in [-0.2, -0.15) is 0 Å². The maximum atomic E-state index is 9.65. The van der Waals surface area contributed by atoms with Gasteiger partial charge in [-0.25, -0.2) is 0 Å². The van der Waals surface area contributed by atoms with Crippen LogP contribution in [0.1, 0.15) is 30.6 Å². The molecule has 1 aliphatic carbocycles. The summed E-state index contributed by atoms with van der Waals surface area (Å²) in [5, 5.41) is 9.65. The van der Waals surface area contributed by atoms with E-state index in [4.69, 9.17) is 4.74 Å². The third-order valence-corrected chi connectivity index (χ3v) is 2.54. The van der Waals surface area contributed by atoms with Crippen LogP contribution in [-0.4, -0.2) is 11.7 Å². The van der Waals surface area contributed by atoms with Gasteiger partial charge in [0.05, 0.1) is 6.10 Å². The van der Waals surface area contributed by atoms with Crippen molar-refractivity contribution >= 4 is 0 Å². The third kappa shape index (κ3) is 1.42. The topological polar surface area (TPSA) is 29.5 Å². The molecule has 1 N–H and O–H groups in total. The van der Waals surface area contributed by atoms with Crippen LogP contribution in [-0.2, 0) is 11.2 Å². The second-order valence-electron chi connectivity index (χ2n) is 3.33. The molecule has 1 aliphatic rings. The highest BCUT2D eigenvalue weighted by Crippen LogP contribution is 2.39. The minimum Gasteiger partial charge on any atom is -0.508 e. The van der Waals surface area contributed by atoms with Gasteiger partial charge in [-0.3, -0.25) is 0 Å². The van der Waals surface area contributed by atoms with E-state index >= 15 is 0 Å². The van der Waals surface area contributed by atoms with E-state index in [9.17, 15) is 5.11 Å². The highest BCUT2D eigenvalue weighted by Gasteiger charge is 2.25. The van der Waals surface area contributed by atoms with Gasteiger partial charge in [-0.1, -0.05) is 12.1 Å². The van der Waals surface area contributed by atoms with Crippen molar-refractivity contribution in [3.63, 3.8) is 0 Å². The molecule has 0 saturated heterocycles. The summed E-state index contributed by atoms with van der Waals surface area (Å²) in [6.07, 6.45) is 2.14. The lowest BCUT2D eigenvalue weighted by molar-refractivity contribution is 0.0625. The van der Waals surface area contributed by atoms with Crippen LogP contribution in [0.25, 0.3) is 0 Å². The molecule has 2 rings (SSSR count). The first-order chi connectivity index (χ1) is 6.33. The van der Waals surface area contributed by atoms with E-state index in [1.165, 1.54) is 5.56 Å². The predicted molar refractivity (Wildman–Crippen MR) is 50.8 cm³/mol. The average Bonchev–Trinajstić information content (AvgIpc) is 2.51. The first-order valence-electron chi connectivity index (χ1n) is 4.75. The number of benzene rings is 1. The minimum absolute atomic E-state index is 0.112. The van der Waals surface area contributed by atoms with Crippen molar-refractivity contribution in [3.05, 3.63) is 29.3 Å². The van der Waals surface area contributed by atoms with Crippen molar-refractivity contribution in [1.29, 1.82) is 0 Å². The molecule has 0 aliphatic heterocycles. The lowest BCUT2D eigenvalue weighted by atomic mass is 10.1. The van der Waals surface area contributed by atoms with E-state index in [0.29, 0.717) is 12.4 Å². The molecule has 0 bridgehead atoms. The second-order valence-corrected chi connectivity index (χ2v) is 3.33. The number of rotatable bonds is 2. The predicted octanol–water partition coefficient (Wildman–Crippen LogP) is 2.42. The zero-order valence-corrected chi connectivity index (χ0v) is 7.79. The van der Waals surface area contributed by atoms with E-state index in [-0.39, 0.29) is 6.10 Å². The summed E-state index contributed by atoms with van der Waals surface area (Å²) in [7, 11) is 0. The summed E-state index contributed by atoms with van der Waals surface area (Å²) in [5.74, 6) is 0.383. The van der Waals surface area contributed by atoms with Crippen molar-refractivity contribution in [3.8, 4) is 5.75 Å². The Morgan fingerprint density at radius 2 is 2.38 bits per heavy atom. The van der Waals surface area contributed by atoms with Crippen molar-refractivity contribution in [2.24, 2.45) is 0 Å². The van der Waals surface area contributed by atoms with Crippen LogP contribution in [0.3, 0.4) is 0 Å². The SMILES string of the molecule is CCOC1CCc2cccc(O)c21. The Morgan fingerprint density at radius 1 is 1.54 bits per heavy atom.